The topological polar surface area (TPSA) is 107 Å². The summed E-state index contributed by atoms with van der Waals surface area (Å²) in [5.74, 6) is 0.456. The molecule has 194 valence electrons. The molecule has 1 fully saturated rings. The summed E-state index contributed by atoms with van der Waals surface area (Å²) in [7, 11) is 0. The van der Waals surface area contributed by atoms with Crippen LogP contribution in [0.1, 0.15) is 52.4 Å². The number of aryl methyl sites for hydroxylation is 3. The van der Waals surface area contributed by atoms with Crippen LogP contribution in [0.15, 0.2) is 61.4 Å². The van der Waals surface area contributed by atoms with Crippen molar-refractivity contribution in [2.24, 2.45) is 0 Å². The van der Waals surface area contributed by atoms with E-state index in [-0.39, 0.29) is 17.7 Å². The standard InChI is InChI=1S/C30H32N6O2/c1-4-25(38)35-16-6-9-23(17-35)36-30-27(29(31)32-18-33-30)28(34-36)22-13-10-21(11-14-22)12-15-24(37)26-19(2)7-5-8-20(26)3/h4-5,7-8,10-11,13-14,18,23H,1,6,9,12,15-17H2,2-3H3,(H2,31,32,33). The largest absolute Gasteiger partial charge is 0.383 e. The summed E-state index contributed by atoms with van der Waals surface area (Å²) in [6.45, 7) is 8.83. The van der Waals surface area contributed by atoms with Gasteiger partial charge in [0.2, 0.25) is 5.91 Å². The Kier molecular flexibility index (Phi) is 7.05. The van der Waals surface area contributed by atoms with E-state index in [1.54, 1.807) is 4.90 Å². The van der Waals surface area contributed by atoms with Crippen molar-refractivity contribution >= 4 is 28.5 Å². The van der Waals surface area contributed by atoms with Gasteiger partial charge in [0.05, 0.1) is 11.4 Å². The van der Waals surface area contributed by atoms with Gasteiger partial charge in [0, 0.05) is 30.6 Å². The Balaban J connectivity index is 1.40. The molecule has 0 aliphatic carbocycles. The summed E-state index contributed by atoms with van der Waals surface area (Å²) in [6.07, 6.45) is 5.66. The van der Waals surface area contributed by atoms with Crippen molar-refractivity contribution in [3.05, 3.63) is 83.7 Å². The van der Waals surface area contributed by atoms with Gasteiger partial charge >= 0.3 is 0 Å². The summed E-state index contributed by atoms with van der Waals surface area (Å²) in [5.41, 5.74) is 12.5. The van der Waals surface area contributed by atoms with E-state index >= 15 is 0 Å². The third kappa shape index (κ3) is 4.81. The first-order chi connectivity index (χ1) is 18.4. The molecule has 2 N–H and O–H groups in total. The lowest BCUT2D eigenvalue weighted by molar-refractivity contribution is -0.127. The SMILES string of the molecule is C=CC(=O)N1CCCC(n2nc(-c3ccc(CCC(=O)c4c(C)cccc4C)cc3)c3c(N)ncnc32)C1. The summed E-state index contributed by atoms with van der Waals surface area (Å²) in [6, 6.07) is 14.0. The quantitative estimate of drug-likeness (QED) is 0.282. The summed E-state index contributed by atoms with van der Waals surface area (Å²) >= 11 is 0. The van der Waals surface area contributed by atoms with Crippen molar-refractivity contribution in [3.8, 4) is 11.3 Å². The van der Waals surface area contributed by atoms with Gasteiger partial charge in [-0.05, 0) is 55.9 Å². The van der Waals surface area contributed by atoms with E-state index in [1.807, 2.05) is 61.0 Å². The third-order valence-electron chi connectivity index (χ3n) is 7.37. The van der Waals surface area contributed by atoms with Crippen molar-refractivity contribution in [2.75, 3.05) is 18.8 Å². The number of Topliss-reactive ketones (excluding diaryl/α,β-unsaturated/α-hetero) is 1. The molecule has 1 aliphatic rings. The minimum atomic E-state index is -0.0767. The Morgan fingerprint density at radius 3 is 2.55 bits per heavy atom. The number of hydrogen-bond acceptors (Lipinski definition) is 6. The third-order valence-corrected chi connectivity index (χ3v) is 7.37. The molecule has 0 bridgehead atoms. The molecule has 1 amide bonds. The van der Waals surface area contributed by atoms with E-state index in [4.69, 9.17) is 10.8 Å². The number of rotatable bonds is 7. The maximum absolute atomic E-state index is 12.9. The van der Waals surface area contributed by atoms with E-state index in [2.05, 4.69) is 16.5 Å². The van der Waals surface area contributed by atoms with Crippen LogP contribution in [-0.4, -0.2) is 49.4 Å². The first-order valence-electron chi connectivity index (χ1n) is 13.0. The molecule has 2 aromatic heterocycles. The van der Waals surface area contributed by atoms with Crippen LogP contribution in [0.2, 0.25) is 0 Å². The fourth-order valence-corrected chi connectivity index (χ4v) is 5.40. The van der Waals surface area contributed by atoms with Crippen LogP contribution >= 0.6 is 0 Å². The molecule has 1 aliphatic heterocycles. The Bertz CT molecular complexity index is 1500. The van der Waals surface area contributed by atoms with E-state index in [1.165, 1.54) is 12.4 Å². The van der Waals surface area contributed by atoms with Gasteiger partial charge in [-0.15, -0.1) is 0 Å². The number of nitrogens with zero attached hydrogens (tertiary/aromatic N) is 5. The molecule has 3 heterocycles. The van der Waals surface area contributed by atoms with Crippen LogP contribution in [0, 0.1) is 13.8 Å². The normalized spacial score (nSPS) is 15.5. The van der Waals surface area contributed by atoms with Gasteiger partial charge in [-0.1, -0.05) is 49.0 Å². The van der Waals surface area contributed by atoms with Crippen LogP contribution in [0.3, 0.4) is 0 Å². The monoisotopic (exact) mass is 508 g/mol. The van der Waals surface area contributed by atoms with Crippen LogP contribution in [-0.2, 0) is 11.2 Å². The highest BCUT2D eigenvalue weighted by Crippen LogP contribution is 2.34. The van der Waals surface area contributed by atoms with Gasteiger partial charge in [0.1, 0.15) is 17.8 Å². The van der Waals surface area contributed by atoms with Gasteiger partial charge in [-0.2, -0.15) is 5.10 Å². The maximum atomic E-state index is 12.9. The Morgan fingerprint density at radius 1 is 1.11 bits per heavy atom. The number of hydrogen-bond donors (Lipinski definition) is 1. The second-order valence-corrected chi connectivity index (χ2v) is 9.92. The Morgan fingerprint density at radius 2 is 1.84 bits per heavy atom. The fourth-order valence-electron chi connectivity index (χ4n) is 5.40. The Hall–Kier alpha value is -4.33. The highest BCUT2D eigenvalue weighted by atomic mass is 16.2. The van der Waals surface area contributed by atoms with Crippen molar-refractivity contribution < 1.29 is 9.59 Å². The molecule has 5 rings (SSSR count). The van der Waals surface area contributed by atoms with Crippen LogP contribution < -0.4 is 5.73 Å². The molecular formula is C30H32N6O2. The zero-order valence-electron chi connectivity index (χ0n) is 21.9. The molecule has 8 nitrogen and oxygen atoms in total. The lowest BCUT2D eigenvalue weighted by atomic mass is 9.95. The van der Waals surface area contributed by atoms with Crippen molar-refractivity contribution in [1.82, 2.24) is 24.6 Å². The number of benzene rings is 2. The average molecular weight is 509 g/mol. The van der Waals surface area contributed by atoms with Crippen LogP contribution in [0.4, 0.5) is 5.82 Å². The molecule has 1 saturated heterocycles. The second-order valence-electron chi connectivity index (χ2n) is 9.92. The first-order valence-corrected chi connectivity index (χ1v) is 13.0. The fraction of sp³-hybridized carbons (Fsp3) is 0.300. The van der Waals surface area contributed by atoms with Crippen LogP contribution in [0.5, 0.6) is 0 Å². The van der Waals surface area contributed by atoms with Gasteiger partial charge in [-0.3, -0.25) is 9.59 Å². The molecule has 0 spiro atoms. The van der Waals surface area contributed by atoms with Crippen molar-refractivity contribution in [1.29, 1.82) is 0 Å². The highest BCUT2D eigenvalue weighted by molar-refractivity contribution is 5.99. The number of fused-ring (bicyclic) bond motifs is 1. The molecule has 0 radical (unpaired) electrons. The number of anilines is 1. The molecular weight excluding hydrogens is 476 g/mol. The number of amides is 1. The van der Waals surface area contributed by atoms with Crippen molar-refractivity contribution in [3.63, 3.8) is 0 Å². The molecule has 8 heteroatoms. The van der Waals surface area contributed by atoms with E-state index in [0.717, 1.165) is 40.7 Å². The Labute approximate surface area is 222 Å². The zero-order valence-corrected chi connectivity index (χ0v) is 21.9. The molecule has 38 heavy (non-hydrogen) atoms. The smallest absolute Gasteiger partial charge is 0.246 e. The summed E-state index contributed by atoms with van der Waals surface area (Å²) in [5, 5.41) is 5.65. The van der Waals surface area contributed by atoms with E-state index in [9.17, 15) is 9.59 Å². The lowest BCUT2D eigenvalue weighted by Gasteiger charge is -2.32. The number of aromatic nitrogens is 4. The predicted molar refractivity (Wildman–Crippen MR) is 149 cm³/mol. The number of ketones is 1. The molecule has 2 aromatic carbocycles. The van der Waals surface area contributed by atoms with Crippen LogP contribution in [0.25, 0.3) is 22.3 Å². The molecule has 1 atom stereocenters. The average Bonchev–Trinajstić information content (AvgIpc) is 3.33. The predicted octanol–water partition coefficient (Wildman–Crippen LogP) is 4.86. The van der Waals surface area contributed by atoms with E-state index < -0.39 is 0 Å². The first kappa shape index (κ1) is 25.3. The minimum Gasteiger partial charge on any atom is -0.383 e. The van der Waals surface area contributed by atoms with Gasteiger partial charge in [0.15, 0.2) is 11.4 Å². The summed E-state index contributed by atoms with van der Waals surface area (Å²) in [4.78, 5) is 35.7. The number of nitrogen functional groups attached to an aromatic ring is 1. The number of likely N-dealkylation sites (tertiary alicyclic amines) is 1. The lowest BCUT2D eigenvalue weighted by Crippen LogP contribution is -2.40. The number of carbonyl (C=O) groups excluding carboxylic acids is 2. The minimum absolute atomic E-state index is 0.0200. The maximum Gasteiger partial charge on any atom is 0.246 e. The molecule has 0 saturated carbocycles. The van der Waals surface area contributed by atoms with Crippen molar-refractivity contribution in [2.45, 2.75) is 45.6 Å². The van der Waals surface area contributed by atoms with Gasteiger partial charge in [0.25, 0.3) is 0 Å². The second kappa shape index (κ2) is 10.6. The van der Waals surface area contributed by atoms with Gasteiger partial charge < -0.3 is 10.6 Å². The summed E-state index contributed by atoms with van der Waals surface area (Å²) < 4.78 is 1.89. The number of carbonyl (C=O) groups is 2. The number of piperidine rings is 1. The van der Waals surface area contributed by atoms with Gasteiger partial charge in [-0.25, -0.2) is 14.6 Å². The molecule has 1 unspecified atom stereocenters. The number of nitrogens with two attached hydrogens (primary N) is 1. The highest BCUT2D eigenvalue weighted by Gasteiger charge is 2.28. The molecule has 4 aromatic rings. The zero-order chi connectivity index (χ0) is 26.8. The van der Waals surface area contributed by atoms with E-state index in [0.29, 0.717) is 48.5 Å².